The Labute approximate surface area is 127 Å². The number of aromatic hydroxyl groups is 1. The number of phenols is 1. The molecule has 0 aromatic heterocycles. The highest BCUT2D eigenvalue weighted by Crippen LogP contribution is 2.48. The topological polar surface area (TPSA) is 90.2 Å². The van der Waals surface area contributed by atoms with Gasteiger partial charge in [-0.15, -0.1) is 0 Å². The first-order chi connectivity index (χ1) is 10.5. The summed E-state index contributed by atoms with van der Waals surface area (Å²) < 4.78 is 5.08. The zero-order valence-corrected chi connectivity index (χ0v) is 12.1. The quantitative estimate of drug-likeness (QED) is 0.652. The third-order valence-electron chi connectivity index (χ3n) is 5.00. The van der Waals surface area contributed by atoms with Crippen molar-refractivity contribution in [3.63, 3.8) is 0 Å². The van der Waals surface area contributed by atoms with Crippen LogP contribution in [0, 0.1) is 0 Å². The second kappa shape index (κ2) is 4.47. The van der Waals surface area contributed by atoms with E-state index in [1.165, 1.54) is 19.2 Å². The predicted octanol–water partition coefficient (Wildman–Crippen LogP) is 0.374. The molecule has 116 valence electrons. The van der Waals surface area contributed by atoms with Crippen molar-refractivity contribution < 1.29 is 24.9 Å². The van der Waals surface area contributed by atoms with E-state index in [4.69, 9.17) is 4.74 Å². The maximum atomic E-state index is 12.7. The lowest BCUT2D eigenvalue weighted by molar-refractivity contribution is 0.00122. The van der Waals surface area contributed by atoms with Crippen LogP contribution in [0.5, 0.6) is 11.5 Å². The first-order valence-corrected chi connectivity index (χ1v) is 7.31. The summed E-state index contributed by atoms with van der Waals surface area (Å²) in [6, 6.07) is 2.76. The van der Waals surface area contributed by atoms with E-state index in [9.17, 15) is 20.1 Å². The Morgan fingerprint density at radius 3 is 2.82 bits per heavy atom. The second-order valence-corrected chi connectivity index (χ2v) is 6.05. The number of amides is 1. The van der Waals surface area contributed by atoms with Gasteiger partial charge in [0, 0.05) is 18.0 Å². The van der Waals surface area contributed by atoms with Crippen LogP contribution in [0.1, 0.15) is 28.3 Å². The largest absolute Gasteiger partial charge is 0.504 e. The number of carbonyl (C=O) groups excluding carboxylic acids is 1. The molecule has 1 fully saturated rings. The fourth-order valence-corrected chi connectivity index (χ4v) is 4.01. The number of nitrogens with zero attached hydrogens (tertiary/aromatic N) is 1. The van der Waals surface area contributed by atoms with Gasteiger partial charge in [-0.3, -0.25) is 4.79 Å². The van der Waals surface area contributed by atoms with Crippen molar-refractivity contribution in [2.45, 2.75) is 30.6 Å². The lowest BCUT2D eigenvalue weighted by Crippen LogP contribution is -2.52. The van der Waals surface area contributed by atoms with Gasteiger partial charge in [-0.25, -0.2) is 0 Å². The van der Waals surface area contributed by atoms with Crippen molar-refractivity contribution in [2.75, 3.05) is 13.7 Å². The van der Waals surface area contributed by atoms with Crippen molar-refractivity contribution in [1.82, 2.24) is 4.90 Å². The van der Waals surface area contributed by atoms with Gasteiger partial charge in [-0.2, -0.15) is 0 Å². The average molecular weight is 303 g/mol. The monoisotopic (exact) mass is 303 g/mol. The fourth-order valence-electron chi connectivity index (χ4n) is 4.01. The lowest BCUT2D eigenvalue weighted by Gasteiger charge is -2.44. The number of aliphatic hydroxyl groups is 2. The van der Waals surface area contributed by atoms with Crippen LogP contribution in [-0.2, 0) is 0 Å². The Morgan fingerprint density at radius 2 is 2.09 bits per heavy atom. The van der Waals surface area contributed by atoms with E-state index in [0.717, 1.165) is 5.57 Å². The van der Waals surface area contributed by atoms with E-state index < -0.39 is 18.1 Å². The summed E-state index contributed by atoms with van der Waals surface area (Å²) in [6.45, 7) is 0.577. The maximum absolute atomic E-state index is 12.7. The van der Waals surface area contributed by atoms with Crippen LogP contribution < -0.4 is 4.74 Å². The van der Waals surface area contributed by atoms with Crippen LogP contribution in [0.4, 0.5) is 0 Å². The zero-order chi connectivity index (χ0) is 15.6. The van der Waals surface area contributed by atoms with E-state index >= 15 is 0 Å². The minimum absolute atomic E-state index is 0.0710. The zero-order valence-electron chi connectivity index (χ0n) is 12.1. The molecule has 2 heterocycles. The van der Waals surface area contributed by atoms with E-state index in [1.807, 2.05) is 0 Å². The van der Waals surface area contributed by atoms with Gasteiger partial charge in [0.1, 0.15) is 0 Å². The van der Waals surface area contributed by atoms with Gasteiger partial charge in [0.05, 0.1) is 25.4 Å². The minimum atomic E-state index is -1.01. The van der Waals surface area contributed by atoms with Gasteiger partial charge >= 0.3 is 0 Å². The molecule has 0 unspecified atom stereocenters. The fraction of sp³-hybridized carbons (Fsp3) is 0.438. The third-order valence-corrected chi connectivity index (χ3v) is 5.00. The molecule has 1 aliphatic carbocycles. The first-order valence-electron chi connectivity index (χ1n) is 7.31. The molecule has 0 saturated carbocycles. The smallest absolute Gasteiger partial charge is 0.254 e. The van der Waals surface area contributed by atoms with Gasteiger partial charge < -0.3 is 25.0 Å². The highest BCUT2D eigenvalue weighted by atomic mass is 16.5. The predicted molar refractivity (Wildman–Crippen MR) is 76.9 cm³/mol. The van der Waals surface area contributed by atoms with Gasteiger partial charge in [0.15, 0.2) is 11.5 Å². The van der Waals surface area contributed by atoms with E-state index in [2.05, 4.69) is 0 Å². The molecule has 1 amide bonds. The number of benzene rings is 1. The standard InChI is InChI=1S/C16H17NO5/c1-22-12-6-9-8(5-10(12)18)13-14-7(4-11(19)15(13)20)2-3-17(14)16(9)21/h4-6,11,13-15,18-20H,2-3H2,1H3/t11-,13-,14+,15+/m0/s1. The normalized spacial score (nSPS) is 32.4. The van der Waals surface area contributed by atoms with Gasteiger partial charge in [0.2, 0.25) is 0 Å². The van der Waals surface area contributed by atoms with Crippen LogP contribution >= 0.6 is 0 Å². The number of carbonyl (C=O) groups is 1. The number of rotatable bonds is 1. The molecule has 3 N–H and O–H groups in total. The number of fused-ring (bicyclic) bond motifs is 2. The summed E-state index contributed by atoms with van der Waals surface area (Å²) in [5.74, 6) is -0.395. The highest BCUT2D eigenvalue weighted by Gasteiger charge is 2.51. The molecule has 1 aromatic rings. The summed E-state index contributed by atoms with van der Waals surface area (Å²) in [5, 5.41) is 30.6. The SMILES string of the molecule is COc1cc2c(cc1O)[C@@H]1[C@H](O)[C@@H](O)C=C3CCN(C2=O)[C@H]31. The maximum Gasteiger partial charge on any atom is 0.254 e. The van der Waals surface area contributed by atoms with E-state index in [-0.39, 0.29) is 23.4 Å². The third kappa shape index (κ3) is 1.59. The molecule has 1 aromatic carbocycles. The van der Waals surface area contributed by atoms with Crippen LogP contribution in [-0.4, -0.2) is 58.0 Å². The first kappa shape index (κ1) is 13.6. The highest BCUT2D eigenvalue weighted by molar-refractivity contribution is 5.99. The molecule has 3 aliphatic rings. The van der Waals surface area contributed by atoms with E-state index in [1.54, 1.807) is 11.0 Å². The summed E-state index contributed by atoms with van der Waals surface area (Å²) >= 11 is 0. The number of phenolic OH excluding ortho intramolecular Hbond substituents is 1. The van der Waals surface area contributed by atoms with E-state index in [0.29, 0.717) is 24.1 Å². The Balaban J connectivity index is 1.95. The molecule has 0 radical (unpaired) electrons. The lowest BCUT2D eigenvalue weighted by atomic mass is 9.73. The molecular formula is C16H17NO5. The Hall–Kier alpha value is -2.05. The second-order valence-electron chi connectivity index (χ2n) is 6.05. The summed E-state index contributed by atoms with van der Waals surface area (Å²) in [5.41, 5.74) is 1.98. The number of methoxy groups -OCH3 is 1. The molecule has 2 aliphatic heterocycles. The van der Waals surface area contributed by atoms with Crippen LogP contribution in [0.25, 0.3) is 0 Å². The molecular weight excluding hydrogens is 286 g/mol. The summed E-state index contributed by atoms with van der Waals surface area (Å²) in [4.78, 5) is 14.5. The molecule has 6 heteroatoms. The van der Waals surface area contributed by atoms with Crippen LogP contribution in [0.2, 0.25) is 0 Å². The molecule has 4 rings (SSSR count). The van der Waals surface area contributed by atoms with Gasteiger partial charge in [-0.1, -0.05) is 6.08 Å². The van der Waals surface area contributed by atoms with Gasteiger partial charge in [-0.05, 0) is 29.7 Å². The van der Waals surface area contributed by atoms with Crippen molar-refractivity contribution >= 4 is 5.91 Å². The molecule has 4 atom stereocenters. The van der Waals surface area contributed by atoms with Crippen LogP contribution in [0.15, 0.2) is 23.8 Å². The van der Waals surface area contributed by atoms with Crippen molar-refractivity contribution in [1.29, 1.82) is 0 Å². The molecule has 22 heavy (non-hydrogen) atoms. The molecule has 1 saturated heterocycles. The van der Waals surface area contributed by atoms with Gasteiger partial charge in [0.25, 0.3) is 5.91 Å². The molecule has 6 nitrogen and oxygen atoms in total. The molecule has 0 spiro atoms. The number of aliphatic hydroxyl groups excluding tert-OH is 2. The van der Waals surface area contributed by atoms with Crippen LogP contribution in [0.3, 0.4) is 0 Å². The Bertz CT molecular complexity index is 698. The Morgan fingerprint density at radius 1 is 1.32 bits per heavy atom. The van der Waals surface area contributed by atoms with Crippen molar-refractivity contribution in [2.24, 2.45) is 0 Å². The number of ether oxygens (including phenoxy) is 1. The number of hydrogen-bond donors (Lipinski definition) is 3. The Kier molecular flexibility index (Phi) is 2.76. The minimum Gasteiger partial charge on any atom is -0.504 e. The summed E-state index contributed by atoms with van der Waals surface area (Å²) in [6.07, 6.45) is 0.400. The summed E-state index contributed by atoms with van der Waals surface area (Å²) in [7, 11) is 1.42. The molecule has 0 bridgehead atoms. The number of hydrogen-bond acceptors (Lipinski definition) is 5. The van der Waals surface area contributed by atoms with Crippen molar-refractivity contribution in [3.8, 4) is 11.5 Å². The van der Waals surface area contributed by atoms with Crippen molar-refractivity contribution in [3.05, 3.63) is 34.9 Å². The average Bonchev–Trinajstić information content (AvgIpc) is 2.90.